The molecule has 8 heteroatoms. The first kappa shape index (κ1) is 34.7. The van der Waals surface area contributed by atoms with Crippen LogP contribution < -0.4 is 0 Å². The molecule has 21 aromatic rings. The van der Waals surface area contributed by atoms with Crippen LogP contribution in [0.3, 0.4) is 0 Å². The van der Waals surface area contributed by atoms with E-state index in [2.05, 4.69) is 41.5 Å². The Hall–Kier alpha value is -6.30. The van der Waals surface area contributed by atoms with E-state index in [9.17, 15) is 0 Å². The normalized spacial score (nSPS) is 30.7. The number of alkyl halides is 2. The third-order valence-corrected chi connectivity index (χ3v) is 28.2. The van der Waals surface area contributed by atoms with Gasteiger partial charge in [-0.1, -0.05) is 31.9 Å². The van der Waals surface area contributed by atoms with Gasteiger partial charge in [0.25, 0.3) is 0 Å². The van der Waals surface area contributed by atoms with Crippen molar-refractivity contribution < 1.29 is 29.0 Å². The molecule has 354 valence electrons. The molecule has 6 atom stereocenters. The van der Waals surface area contributed by atoms with Crippen LogP contribution in [0.15, 0.2) is 22.3 Å². The Labute approximate surface area is 449 Å². The second-order valence-electron chi connectivity index (χ2n) is 29.3. The summed E-state index contributed by atoms with van der Waals surface area (Å²) in [6.45, 7) is 12.8. The summed E-state index contributed by atoms with van der Waals surface area (Å²) in [5, 5.41) is 58.7. The van der Waals surface area contributed by atoms with E-state index in [1.165, 1.54) is 250 Å². The molecule has 0 bridgehead atoms. The van der Waals surface area contributed by atoms with Crippen molar-refractivity contribution in [2.45, 2.75) is 83.8 Å². The highest BCUT2D eigenvalue weighted by atomic mass is 79.9. The third-order valence-electron chi connectivity index (χ3n) is 25.8. The first-order valence-electron chi connectivity index (χ1n) is 28.3. The minimum Gasteiger partial charge on any atom is -0.364 e. The van der Waals surface area contributed by atoms with Crippen LogP contribution >= 0.6 is 31.9 Å². The maximum absolute atomic E-state index is 8.31. The van der Waals surface area contributed by atoms with Crippen molar-refractivity contribution in [2.24, 2.45) is 0 Å². The van der Waals surface area contributed by atoms with Crippen molar-refractivity contribution in [1.29, 1.82) is 0 Å². The zero-order valence-electron chi connectivity index (χ0n) is 42.2. The molecular weight excluding hydrogens is 1100 g/mol. The summed E-state index contributed by atoms with van der Waals surface area (Å²) >= 11 is 10.3. The van der Waals surface area contributed by atoms with Crippen LogP contribution in [-0.2, 0) is 54.5 Å². The molecule has 11 aliphatic carbocycles. The number of methoxy groups -OCH3 is 2. The number of ether oxygens (including phenoxy) is 2. The molecule has 0 radical (unpaired) electrons. The highest BCUT2D eigenvalue weighted by Gasteiger charge is 2.89. The standard InChI is InChI=1S/C70H24Br2O6/c1-63(2,3)75-77-69-57-47-37-27-17-12-10-9-11-13(12)18-26-24-16(11)22-20-14(9)19-21-15(10)23-25(17)35(37)45-43-33(23)31(21)41-39-29(19)30(20)40-42-32(22)34(24)44-46-36(26)38(28(18)27)48(47)58(69)56(46)68(74-8)54(44)52(42)66(72)50(40)49(39)65(71)51(41)53(43)67(73-7,55(45)57)61-59(65)60(66)62(68)70(61,69)78-76-64(4,5)6/h1-8H3/t65-,66+,67-,68+,69?,70?. The average molecular weight is 1120 g/mol. The van der Waals surface area contributed by atoms with Gasteiger partial charge >= 0.3 is 0 Å². The average Bonchev–Trinajstić information content (AvgIpc) is 1.39. The summed E-state index contributed by atoms with van der Waals surface area (Å²) in [7, 11) is 4.05. The lowest BCUT2D eigenvalue weighted by atomic mass is 9.49. The molecule has 6 nitrogen and oxygen atoms in total. The van der Waals surface area contributed by atoms with E-state index >= 15 is 0 Å². The van der Waals surface area contributed by atoms with Crippen LogP contribution in [0.2, 0.25) is 0 Å². The van der Waals surface area contributed by atoms with Gasteiger partial charge in [0.15, 0.2) is 11.2 Å². The molecule has 0 saturated carbocycles. The van der Waals surface area contributed by atoms with Gasteiger partial charge in [-0.15, -0.1) is 0 Å². The lowest BCUT2D eigenvalue weighted by Crippen LogP contribution is -2.70. The molecule has 78 heavy (non-hydrogen) atoms. The quantitative estimate of drug-likeness (QED) is 0.0716. The zero-order valence-corrected chi connectivity index (χ0v) is 45.4. The van der Waals surface area contributed by atoms with Crippen LogP contribution in [0.1, 0.15) is 97.2 Å². The number of benzene rings is 15. The molecule has 32 rings (SSSR count). The van der Waals surface area contributed by atoms with Crippen LogP contribution in [-0.4, -0.2) is 31.0 Å². The largest absolute Gasteiger partial charge is 0.364 e. The molecule has 11 aliphatic rings. The summed E-state index contributed by atoms with van der Waals surface area (Å²) < 4.78 is 14.5. The highest BCUT2D eigenvalue weighted by molar-refractivity contribution is 9.10. The Bertz CT molecular complexity index is 6700. The first-order chi connectivity index (χ1) is 37.7. The van der Waals surface area contributed by atoms with Crippen LogP contribution in [0, 0.1) is 0 Å². The SMILES string of the molecule is CO[C@]12C3=C4C5=C6C3(OOC(C)(C)C)C3(OOC(C)(C)C)c7c1c1c8c2c2c9c%10c(c%11c%12c%13c(c%14c%15c%16c(c3c3c7c7c1c1c%17c8c9c8c9c%10c%12c%10c%12c%13c%15c%13c%15c%16c3c3c7c1c1c(c3%15)c(c%12%13)c(c9%10)c1c8%17)[C@@]6%14OC)[C@@]5%11Br)[C@@]42Br. The zero-order chi connectivity index (χ0) is 49.4. The van der Waals surface area contributed by atoms with Gasteiger partial charge < -0.3 is 9.47 Å². The number of hydrogen-bond acceptors (Lipinski definition) is 6. The van der Waals surface area contributed by atoms with Crippen molar-refractivity contribution >= 4 is 247 Å². The number of halogens is 2. The summed E-state index contributed by atoms with van der Waals surface area (Å²) in [6.07, 6.45) is 0. The minimum absolute atomic E-state index is 0.725. The van der Waals surface area contributed by atoms with Gasteiger partial charge in [0.2, 0.25) is 0 Å². The van der Waals surface area contributed by atoms with Crippen LogP contribution in [0.25, 0.3) is 215 Å². The van der Waals surface area contributed by atoms with Gasteiger partial charge in [0, 0.05) is 58.7 Å². The molecule has 0 aromatic heterocycles. The van der Waals surface area contributed by atoms with Gasteiger partial charge in [-0.3, -0.25) is 0 Å². The van der Waals surface area contributed by atoms with Crippen molar-refractivity contribution in [3.63, 3.8) is 0 Å². The van der Waals surface area contributed by atoms with Gasteiger partial charge in [0.05, 0.1) is 11.2 Å². The molecule has 0 saturated heterocycles. The molecule has 0 spiro atoms. The summed E-state index contributed by atoms with van der Waals surface area (Å²) in [5.41, 5.74) is 10.8. The van der Waals surface area contributed by atoms with Crippen LogP contribution in [0.4, 0.5) is 0 Å². The van der Waals surface area contributed by atoms with E-state index in [4.69, 9.17) is 60.9 Å². The predicted octanol–water partition coefficient (Wildman–Crippen LogP) is 17.4. The Morgan fingerprint density at radius 1 is 0.256 bits per heavy atom. The molecule has 0 fully saturated rings. The summed E-state index contributed by atoms with van der Waals surface area (Å²) in [5.74, 6) is 0. The Kier molecular flexibility index (Phi) is 3.47. The fraction of sp³-hybridized carbons (Fsp3) is 0.229. The van der Waals surface area contributed by atoms with Crippen molar-refractivity contribution in [3.05, 3.63) is 77.9 Å². The van der Waals surface area contributed by atoms with Gasteiger partial charge in [-0.2, -0.15) is 0 Å². The molecule has 2 unspecified atom stereocenters. The number of allylic oxidation sites excluding steroid dienone is 2. The van der Waals surface area contributed by atoms with Crippen LogP contribution in [0.5, 0.6) is 0 Å². The number of rotatable bonds is 6. The van der Waals surface area contributed by atoms with Crippen molar-refractivity contribution in [2.75, 3.05) is 14.2 Å². The van der Waals surface area contributed by atoms with Gasteiger partial charge in [0.1, 0.15) is 19.9 Å². The Morgan fingerprint density at radius 3 is 0.692 bits per heavy atom. The van der Waals surface area contributed by atoms with E-state index < -0.39 is 42.3 Å². The Morgan fingerprint density at radius 2 is 0.449 bits per heavy atom. The number of hydrogen-bond donors (Lipinski definition) is 0. The molecule has 0 aliphatic heterocycles. The van der Waals surface area contributed by atoms with Crippen molar-refractivity contribution in [1.82, 2.24) is 0 Å². The second-order valence-corrected chi connectivity index (χ2v) is 31.6. The molecule has 0 amide bonds. The lowest BCUT2D eigenvalue weighted by Gasteiger charge is -2.62. The fourth-order valence-electron chi connectivity index (χ4n) is 25.6. The molecular formula is C70H24Br2O6. The molecule has 0 N–H and O–H groups in total. The smallest absolute Gasteiger partial charge is 0.196 e. The topological polar surface area (TPSA) is 55.4 Å². The van der Waals surface area contributed by atoms with Gasteiger partial charge in [-0.05, 0) is 290 Å². The minimum atomic E-state index is -1.56. The monoisotopic (exact) mass is 1120 g/mol. The fourth-order valence-corrected chi connectivity index (χ4v) is 28.0. The summed E-state index contributed by atoms with van der Waals surface area (Å²) in [4.78, 5) is 31.3. The highest BCUT2D eigenvalue weighted by Crippen LogP contribution is 2.93. The van der Waals surface area contributed by atoms with E-state index in [1.807, 2.05) is 14.2 Å². The maximum Gasteiger partial charge on any atom is 0.196 e. The first-order valence-corrected chi connectivity index (χ1v) is 29.8. The summed E-state index contributed by atoms with van der Waals surface area (Å²) in [6, 6.07) is 0. The van der Waals surface area contributed by atoms with Gasteiger partial charge in [-0.25, -0.2) is 19.6 Å². The Balaban J connectivity index is 1.12. The van der Waals surface area contributed by atoms with E-state index in [-0.39, 0.29) is 0 Å². The molecule has 21 aromatic carbocycles. The van der Waals surface area contributed by atoms with E-state index in [0.29, 0.717) is 0 Å². The van der Waals surface area contributed by atoms with E-state index in [0.717, 1.165) is 22.3 Å². The van der Waals surface area contributed by atoms with Crippen molar-refractivity contribution in [3.8, 4) is 0 Å². The maximum atomic E-state index is 8.31. The third kappa shape index (κ3) is 1.95. The lowest BCUT2D eigenvalue weighted by molar-refractivity contribution is -0.473. The molecule has 0 heterocycles. The second kappa shape index (κ2) is 7.81. The predicted molar refractivity (Wildman–Crippen MR) is 314 cm³/mol. The van der Waals surface area contributed by atoms with E-state index in [1.54, 1.807) is 21.5 Å².